The Hall–Kier alpha value is -0.440. The molecule has 0 radical (unpaired) electrons. The number of hydrogen-bond acceptors (Lipinski definition) is 2. The first-order valence-electron chi connectivity index (χ1n) is 7.87. The van der Waals surface area contributed by atoms with Gasteiger partial charge in [0.05, 0.1) is 11.6 Å². The van der Waals surface area contributed by atoms with E-state index in [1.54, 1.807) is 0 Å². The number of hydrogen-bond donors (Lipinski definition) is 1. The molecule has 1 atom stereocenters. The molecule has 0 bridgehead atoms. The predicted molar refractivity (Wildman–Crippen MR) is 90.6 cm³/mol. The van der Waals surface area contributed by atoms with Crippen molar-refractivity contribution >= 4 is 23.2 Å². The van der Waals surface area contributed by atoms with Crippen molar-refractivity contribution in [2.24, 2.45) is 5.41 Å². The lowest BCUT2D eigenvalue weighted by Gasteiger charge is -2.37. The van der Waals surface area contributed by atoms with Crippen LogP contribution < -0.4 is 10.1 Å². The second kappa shape index (κ2) is 7.21. The van der Waals surface area contributed by atoms with Crippen LogP contribution in [0.4, 0.5) is 0 Å². The molecule has 4 heteroatoms. The van der Waals surface area contributed by atoms with Crippen LogP contribution >= 0.6 is 23.2 Å². The molecule has 1 N–H and O–H groups in total. The summed E-state index contributed by atoms with van der Waals surface area (Å²) in [6, 6.07) is 4.07. The fraction of sp³-hybridized carbons (Fsp3) is 0.647. The highest BCUT2D eigenvalue weighted by Gasteiger charge is 2.40. The molecule has 0 aliphatic heterocycles. The van der Waals surface area contributed by atoms with Gasteiger partial charge in [0, 0.05) is 17.1 Å². The molecule has 0 heterocycles. The van der Waals surface area contributed by atoms with Crippen LogP contribution in [0.1, 0.15) is 57.6 Å². The molecule has 1 aromatic carbocycles. The molecule has 1 fully saturated rings. The zero-order valence-corrected chi connectivity index (χ0v) is 14.7. The minimum absolute atomic E-state index is 0.241. The van der Waals surface area contributed by atoms with Crippen molar-refractivity contribution in [1.29, 1.82) is 0 Å². The quantitative estimate of drug-likeness (QED) is 0.730. The third kappa shape index (κ3) is 3.33. The maximum Gasteiger partial charge on any atom is 0.139 e. The summed E-state index contributed by atoms with van der Waals surface area (Å²) in [5.74, 6) is 0.666. The lowest BCUT2D eigenvalue weighted by molar-refractivity contribution is 0.195. The van der Waals surface area contributed by atoms with Gasteiger partial charge >= 0.3 is 0 Å². The Morgan fingerprint density at radius 3 is 2.38 bits per heavy atom. The fourth-order valence-electron chi connectivity index (χ4n) is 3.75. The van der Waals surface area contributed by atoms with Crippen LogP contribution in [-0.4, -0.2) is 13.7 Å². The maximum absolute atomic E-state index is 6.53. The average Bonchev–Trinajstić information content (AvgIpc) is 2.95. The Morgan fingerprint density at radius 1 is 1.19 bits per heavy atom. The molecule has 1 aromatic rings. The lowest BCUT2D eigenvalue weighted by atomic mass is 9.73. The summed E-state index contributed by atoms with van der Waals surface area (Å²) in [7, 11) is 2.01. The summed E-state index contributed by atoms with van der Waals surface area (Å²) >= 11 is 12.9. The lowest BCUT2D eigenvalue weighted by Crippen LogP contribution is -2.34. The fourth-order valence-corrected chi connectivity index (χ4v) is 4.24. The summed E-state index contributed by atoms with van der Waals surface area (Å²) in [5.41, 5.74) is 1.38. The van der Waals surface area contributed by atoms with E-state index >= 15 is 0 Å². The van der Waals surface area contributed by atoms with E-state index in [1.165, 1.54) is 25.7 Å². The van der Waals surface area contributed by atoms with E-state index in [-0.39, 0.29) is 11.5 Å². The van der Waals surface area contributed by atoms with Crippen LogP contribution in [-0.2, 0) is 0 Å². The van der Waals surface area contributed by atoms with Crippen LogP contribution in [0.5, 0.6) is 5.75 Å². The van der Waals surface area contributed by atoms with Crippen molar-refractivity contribution in [3.05, 3.63) is 27.7 Å². The van der Waals surface area contributed by atoms with E-state index in [1.807, 2.05) is 26.1 Å². The molecule has 0 amide bonds. The van der Waals surface area contributed by atoms with Gasteiger partial charge < -0.3 is 10.1 Å². The van der Waals surface area contributed by atoms with Gasteiger partial charge in [-0.3, -0.25) is 0 Å². The van der Waals surface area contributed by atoms with Crippen LogP contribution in [0.3, 0.4) is 0 Å². The first-order valence-corrected chi connectivity index (χ1v) is 8.62. The number of ether oxygens (including phenoxy) is 1. The van der Waals surface area contributed by atoms with Crippen molar-refractivity contribution < 1.29 is 4.74 Å². The van der Waals surface area contributed by atoms with Gasteiger partial charge in [-0.2, -0.15) is 0 Å². The highest BCUT2D eigenvalue weighted by molar-refractivity contribution is 6.34. The molecular formula is C17H25Cl2NO. The molecule has 1 aliphatic carbocycles. The van der Waals surface area contributed by atoms with Crippen molar-refractivity contribution in [3.8, 4) is 5.75 Å². The third-order valence-corrected chi connectivity index (χ3v) is 5.49. The molecule has 1 aliphatic rings. The zero-order valence-electron chi connectivity index (χ0n) is 13.1. The molecule has 1 saturated carbocycles. The molecular weight excluding hydrogens is 305 g/mol. The second-order valence-corrected chi connectivity index (χ2v) is 6.70. The molecule has 2 nitrogen and oxygen atoms in total. The molecule has 0 spiro atoms. The summed E-state index contributed by atoms with van der Waals surface area (Å²) in [5, 5.41) is 4.87. The molecule has 0 aromatic heterocycles. The standard InChI is InChI=1S/C17H25Cl2NO/c1-4-17(8-6-7-9-17)16(20-3)12-10-14(19)15(21-5-2)11-13(12)18/h10-11,16,20H,4-9H2,1-3H3. The van der Waals surface area contributed by atoms with Gasteiger partial charge in [0.15, 0.2) is 0 Å². The Balaban J connectivity index is 2.40. The molecule has 118 valence electrons. The smallest absolute Gasteiger partial charge is 0.139 e. The van der Waals surface area contributed by atoms with Crippen LogP contribution in [0.2, 0.25) is 10.0 Å². The average molecular weight is 330 g/mol. The zero-order chi connectivity index (χ0) is 15.5. The van der Waals surface area contributed by atoms with E-state index in [0.29, 0.717) is 17.4 Å². The molecule has 0 saturated heterocycles. The summed E-state index contributed by atoms with van der Waals surface area (Å²) in [6.45, 7) is 4.81. The number of benzene rings is 1. The topological polar surface area (TPSA) is 21.3 Å². The van der Waals surface area contributed by atoms with E-state index in [9.17, 15) is 0 Å². The number of halogens is 2. The van der Waals surface area contributed by atoms with Gasteiger partial charge in [-0.05, 0) is 50.3 Å². The number of nitrogens with one attached hydrogen (secondary N) is 1. The first-order chi connectivity index (χ1) is 10.1. The minimum Gasteiger partial charge on any atom is -0.492 e. The van der Waals surface area contributed by atoms with Crippen LogP contribution in [0.25, 0.3) is 0 Å². The van der Waals surface area contributed by atoms with Crippen LogP contribution in [0.15, 0.2) is 12.1 Å². The molecule has 21 heavy (non-hydrogen) atoms. The van der Waals surface area contributed by atoms with Crippen molar-refractivity contribution in [3.63, 3.8) is 0 Å². The minimum atomic E-state index is 0.241. The van der Waals surface area contributed by atoms with Crippen molar-refractivity contribution in [2.75, 3.05) is 13.7 Å². The Morgan fingerprint density at radius 2 is 1.86 bits per heavy atom. The van der Waals surface area contributed by atoms with Gasteiger partial charge in [-0.15, -0.1) is 0 Å². The first kappa shape index (κ1) is 16.9. The van der Waals surface area contributed by atoms with E-state index in [4.69, 9.17) is 27.9 Å². The van der Waals surface area contributed by atoms with Gasteiger partial charge in [-0.25, -0.2) is 0 Å². The van der Waals surface area contributed by atoms with Gasteiger partial charge in [-0.1, -0.05) is 43.0 Å². The van der Waals surface area contributed by atoms with Crippen molar-refractivity contribution in [1.82, 2.24) is 5.32 Å². The van der Waals surface area contributed by atoms with Gasteiger partial charge in [0.2, 0.25) is 0 Å². The molecule has 1 unspecified atom stereocenters. The number of rotatable bonds is 6. The monoisotopic (exact) mass is 329 g/mol. The van der Waals surface area contributed by atoms with Crippen molar-refractivity contribution in [2.45, 2.75) is 52.0 Å². The second-order valence-electron chi connectivity index (χ2n) is 5.88. The van der Waals surface area contributed by atoms with E-state index < -0.39 is 0 Å². The van der Waals surface area contributed by atoms with Crippen LogP contribution in [0, 0.1) is 5.41 Å². The Kier molecular flexibility index (Phi) is 5.81. The van der Waals surface area contributed by atoms with Gasteiger partial charge in [0.1, 0.15) is 5.75 Å². The Bertz CT molecular complexity index is 484. The van der Waals surface area contributed by atoms with E-state index in [2.05, 4.69) is 12.2 Å². The normalized spacial score (nSPS) is 18.7. The summed E-state index contributed by atoms with van der Waals surface area (Å²) < 4.78 is 5.53. The third-order valence-electron chi connectivity index (χ3n) is 4.87. The largest absolute Gasteiger partial charge is 0.492 e. The SMILES string of the molecule is CCOc1cc(Cl)c(C(NC)C2(CC)CCCC2)cc1Cl. The highest BCUT2D eigenvalue weighted by Crippen LogP contribution is 2.51. The highest BCUT2D eigenvalue weighted by atomic mass is 35.5. The van der Waals surface area contributed by atoms with Gasteiger partial charge in [0.25, 0.3) is 0 Å². The van der Waals surface area contributed by atoms with E-state index in [0.717, 1.165) is 17.0 Å². The maximum atomic E-state index is 6.53. The molecule has 2 rings (SSSR count). The predicted octanol–water partition coefficient (Wildman–Crippen LogP) is 5.62. The Labute approximate surface area is 138 Å². The summed E-state index contributed by atoms with van der Waals surface area (Å²) in [6.07, 6.45) is 6.24. The summed E-state index contributed by atoms with van der Waals surface area (Å²) in [4.78, 5) is 0.